The third kappa shape index (κ3) is 3.08. The highest BCUT2D eigenvalue weighted by atomic mass is 32.2. The van der Waals surface area contributed by atoms with Crippen LogP contribution in [0.1, 0.15) is 25.7 Å². The summed E-state index contributed by atoms with van der Waals surface area (Å²) >= 11 is 0. The first-order chi connectivity index (χ1) is 5.61. The summed E-state index contributed by atoms with van der Waals surface area (Å²) in [5, 5.41) is -0.613. The Morgan fingerprint density at radius 1 is 1.17 bits per heavy atom. The van der Waals surface area contributed by atoms with E-state index in [0.29, 0.717) is 26.1 Å². The number of ether oxygens (including phenoxy) is 1. The van der Waals surface area contributed by atoms with Crippen molar-refractivity contribution in [3.05, 3.63) is 0 Å². The lowest BCUT2D eigenvalue weighted by molar-refractivity contribution is 0.116. The van der Waals surface area contributed by atoms with Crippen molar-refractivity contribution in [2.45, 2.75) is 30.9 Å². The zero-order valence-corrected chi connectivity index (χ0v) is 7.72. The number of hydrogen-bond acceptors (Lipinski definition) is 3. The highest BCUT2D eigenvalue weighted by Gasteiger charge is 2.23. The lowest BCUT2D eigenvalue weighted by Crippen LogP contribution is -2.24. The van der Waals surface area contributed by atoms with Crippen LogP contribution in [-0.2, 0) is 14.9 Å². The van der Waals surface area contributed by atoms with Gasteiger partial charge in [-0.15, -0.1) is 0 Å². The minimum Gasteiger partial charge on any atom is -0.381 e. The molecule has 1 aliphatic heterocycles. The summed E-state index contributed by atoms with van der Waals surface area (Å²) in [7, 11) is -3.85. The second kappa shape index (κ2) is 4.20. The van der Waals surface area contributed by atoms with E-state index in [0.717, 1.165) is 12.8 Å². The maximum Gasteiger partial charge on any atom is 0.267 e. The van der Waals surface area contributed by atoms with Gasteiger partial charge in [0.25, 0.3) is 10.1 Å². The monoisotopic (exact) mass is 194 g/mol. The van der Waals surface area contributed by atoms with Gasteiger partial charge in [-0.3, -0.25) is 4.55 Å². The Labute approximate surface area is 72.7 Å². The van der Waals surface area contributed by atoms with Gasteiger partial charge in [-0.2, -0.15) is 8.42 Å². The molecule has 0 saturated carbocycles. The molecule has 4 nitrogen and oxygen atoms in total. The van der Waals surface area contributed by atoms with Gasteiger partial charge in [-0.05, 0) is 25.7 Å². The van der Waals surface area contributed by atoms with Crippen LogP contribution in [0.4, 0.5) is 0 Å². The minimum absolute atomic E-state index is 0.416. The van der Waals surface area contributed by atoms with Gasteiger partial charge < -0.3 is 4.74 Å². The quantitative estimate of drug-likeness (QED) is 0.628. The zero-order chi connectivity index (χ0) is 9.03. The van der Waals surface area contributed by atoms with Gasteiger partial charge >= 0.3 is 0 Å². The van der Waals surface area contributed by atoms with Crippen LogP contribution >= 0.6 is 0 Å². The fourth-order valence-corrected chi connectivity index (χ4v) is 2.19. The lowest BCUT2D eigenvalue weighted by Gasteiger charge is -2.16. The third-order valence-electron chi connectivity index (χ3n) is 2.07. The summed E-state index contributed by atoms with van der Waals surface area (Å²) in [5.41, 5.74) is 0. The molecule has 1 atom stereocenters. The summed E-state index contributed by atoms with van der Waals surface area (Å²) in [6.45, 7) is 1.14. The predicted molar refractivity (Wildman–Crippen MR) is 44.6 cm³/mol. The van der Waals surface area contributed by atoms with E-state index in [1.54, 1.807) is 0 Å². The van der Waals surface area contributed by atoms with Crippen molar-refractivity contribution in [1.82, 2.24) is 0 Å². The van der Waals surface area contributed by atoms with Gasteiger partial charge in [0.15, 0.2) is 0 Å². The molecule has 0 aliphatic carbocycles. The van der Waals surface area contributed by atoms with Crippen LogP contribution < -0.4 is 0 Å². The topological polar surface area (TPSA) is 63.6 Å². The van der Waals surface area contributed by atoms with E-state index in [2.05, 4.69) is 0 Å². The molecule has 72 valence electrons. The molecular weight excluding hydrogens is 180 g/mol. The second-order valence-electron chi connectivity index (χ2n) is 3.03. The van der Waals surface area contributed by atoms with E-state index in [-0.39, 0.29) is 0 Å². The van der Waals surface area contributed by atoms with Gasteiger partial charge in [0.1, 0.15) is 0 Å². The Morgan fingerprint density at radius 2 is 1.92 bits per heavy atom. The zero-order valence-electron chi connectivity index (χ0n) is 6.90. The van der Waals surface area contributed by atoms with E-state index in [9.17, 15) is 8.42 Å². The van der Waals surface area contributed by atoms with Crippen molar-refractivity contribution in [3.8, 4) is 0 Å². The Bertz CT molecular complexity index is 214. The first kappa shape index (κ1) is 9.95. The normalized spacial score (nSPS) is 27.6. The van der Waals surface area contributed by atoms with E-state index >= 15 is 0 Å². The predicted octanol–water partition coefficient (Wildman–Crippen LogP) is 0.833. The van der Waals surface area contributed by atoms with Crippen molar-refractivity contribution in [3.63, 3.8) is 0 Å². The van der Waals surface area contributed by atoms with Crippen molar-refractivity contribution >= 4 is 10.1 Å². The molecule has 1 fully saturated rings. The molecule has 0 aromatic rings. The molecule has 0 spiro atoms. The molecule has 1 heterocycles. The van der Waals surface area contributed by atoms with Crippen LogP contribution in [0.2, 0.25) is 0 Å². The lowest BCUT2D eigenvalue weighted by atomic mass is 10.1. The standard InChI is InChI=1S/C7H14O4S/c8-12(9,10)7-3-1-2-5-11-6-4-7/h7H,1-6H2,(H,8,9,10). The summed E-state index contributed by atoms with van der Waals surface area (Å²) in [6.07, 6.45) is 2.66. The second-order valence-corrected chi connectivity index (χ2v) is 4.73. The molecule has 5 heteroatoms. The smallest absolute Gasteiger partial charge is 0.267 e. The summed E-state index contributed by atoms with van der Waals surface area (Å²) in [4.78, 5) is 0. The molecular formula is C7H14O4S. The highest BCUT2D eigenvalue weighted by Crippen LogP contribution is 2.15. The molecule has 12 heavy (non-hydrogen) atoms. The van der Waals surface area contributed by atoms with E-state index < -0.39 is 15.4 Å². The van der Waals surface area contributed by atoms with E-state index in [4.69, 9.17) is 9.29 Å². The highest BCUT2D eigenvalue weighted by molar-refractivity contribution is 7.86. The fourth-order valence-electron chi connectivity index (χ4n) is 1.34. The fraction of sp³-hybridized carbons (Fsp3) is 1.00. The van der Waals surface area contributed by atoms with Gasteiger partial charge in [0, 0.05) is 13.2 Å². The average Bonchev–Trinajstić information content (AvgIpc) is 1.81. The van der Waals surface area contributed by atoms with Crippen molar-refractivity contribution in [2.75, 3.05) is 13.2 Å². The molecule has 0 amide bonds. The van der Waals surface area contributed by atoms with Gasteiger partial charge in [0.05, 0.1) is 5.25 Å². The largest absolute Gasteiger partial charge is 0.381 e. The van der Waals surface area contributed by atoms with Crippen LogP contribution in [0, 0.1) is 0 Å². The van der Waals surface area contributed by atoms with E-state index in [1.165, 1.54) is 0 Å². The maximum absolute atomic E-state index is 10.8. The molecule has 0 aromatic carbocycles. The average molecular weight is 194 g/mol. The molecule has 1 unspecified atom stereocenters. The Kier molecular flexibility index (Phi) is 3.49. The summed E-state index contributed by atoms with van der Waals surface area (Å²) in [6, 6.07) is 0. The van der Waals surface area contributed by atoms with Crippen LogP contribution in [0.15, 0.2) is 0 Å². The number of rotatable bonds is 1. The van der Waals surface area contributed by atoms with Crippen molar-refractivity contribution in [2.24, 2.45) is 0 Å². The van der Waals surface area contributed by atoms with Gasteiger partial charge in [-0.25, -0.2) is 0 Å². The van der Waals surface area contributed by atoms with Crippen molar-refractivity contribution in [1.29, 1.82) is 0 Å². The SMILES string of the molecule is O=S(=O)(O)C1CCCCOCC1. The molecule has 0 bridgehead atoms. The molecule has 1 aliphatic rings. The van der Waals surface area contributed by atoms with Crippen LogP contribution in [0.25, 0.3) is 0 Å². The first-order valence-electron chi connectivity index (χ1n) is 4.15. The third-order valence-corrected chi connectivity index (χ3v) is 3.38. The molecule has 1 N–H and O–H groups in total. The Morgan fingerprint density at radius 3 is 2.58 bits per heavy atom. The minimum atomic E-state index is -3.85. The molecule has 0 aromatic heterocycles. The maximum atomic E-state index is 10.8. The number of hydrogen-bond donors (Lipinski definition) is 1. The first-order valence-corrected chi connectivity index (χ1v) is 5.65. The van der Waals surface area contributed by atoms with Gasteiger partial charge in [-0.1, -0.05) is 0 Å². The van der Waals surface area contributed by atoms with Crippen LogP contribution in [-0.4, -0.2) is 31.4 Å². The summed E-state index contributed by atoms with van der Waals surface area (Å²) in [5.74, 6) is 0. The molecule has 1 saturated heterocycles. The van der Waals surface area contributed by atoms with Crippen LogP contribution in [0.5, 0.6) is 0 Å². The van der Waals surface area contributed by atoms with E-state index in [1.807, 2.05) is 0 Å². The Hall–Kier alpha value is -0.130. The van der Waals surface area contributed by atoms with Gasteiger partial charge in [0.2, 0.25) is 0 Å². The molecule has 0 radical (unpaired) electrons. The Balaban J connectivity index is 2.51. The molecule has 1 rings (SSSR count). The van der Waals surface area contributed by atoms with Crippen LogP contribution in [0.3, 0.4) is 0 Å². The summed E-state index contributed by atoms with van der Waals surface area (Å²) < 4.78 is 35.4. The van der Waals surface area contributed by atoms with Crippen molar-refractivity contribution < 1.29 is 17.7 Å².